The summed E-state index contributed by atoms with van der Waals surface area (Å²) in [5.41, 5.74) is 5.28. The second kappa shape index (κ2) is 10.6. The normalized spacial score (nSPS) is 15.2. The van der Waals surface area contributed by atoms with Crippen molar-refractivity contribution in [2.45, 2.75) is 26.3 Å². The molecule has 0 aliphatic carbocycles. The molecule has 4 rings (SSSR count). The molecule has 0 spiro atoms. The lowest BCUT2D eigenvalue weighted by atomic mass is 9.99. The molecule has 1 N–H and O–H groups in total. The number of likely N-dealkylation sites (tertiary alicyclic amines) is 1. The summed E-state index contributed by atoms with van der Waals surface area (Å²) in [5.74, 6) is 0.710. The van der Waals surface area contributed by atoms with Gasteiger partial charge >= 0.3 is 0 Å². The summed E-state index contributed by atoms with van der Waals surface area (Å²) in [7, 11) is 0. The smallest absolute Gasteiger partial charge is 0.248 e. The predicted molar refractivity (Wildman–Crippen MR) is 135 cm³/mol. The molecular formula is C28H29ClN2O. The number of benzene rings is 3. The lowest BCUT2D eigenvalue weighted by Crippen LogP contribution is -2.32. The van der Waals surface area contributed by atoms with Crippen LogP contribution in [-0.2, 0) is 11.3 Å². The van der Waals surface area contributed by atoms with Gasteiger partial charge in [0.2, 0.25) is 5.91 Å². The lowest BCUT2D eigenvalue weighted by molar-refractivity contribution is -0.111. The first-order chi connectivity index (χ1) is 15.5. The van der Waals surface area contributed by atoms with Crippen LogP contribution in [0.5, 0.6) is 0 Å². The standard InChI is InChI=1S/C28H29ClN2O/c1-21-16-18-31(19-17-21)20-23-4-2-22(3-5-23)6-15-28(32)30-27-13-9-25(10-14-27)24-7-11-26(29)12-8-24/h2-15,21H,16-20H2,1H3,(H,30,32)/b15-6+. The molecule has 1 saturated heterocycles. The molecule has 0 bridgehead atoms. The van der Waals surface area contributed by atoms with Gasteiger partial charge in [0.05, 0.1) is 0 Å². The number of amides is 1. The molecule has 0 unspecified atom stereocenters. The molecule has 4 heteroatoms. The number of nitrogens with one attached hydrogen (secondary N) is 1. The van der Waals surface area contributed by atoms with Crippen LogP contribution in [0.3, 0.4) is 0 Å². The summed E-state index contributed by atoms with van der Waals surface area (Å²) in [5, 5.41) is 3.63. The Balaban J connectivity index is 1.29. The average molecular weight is 445 g/mol. The second-order valence-electron chi connectivity index (χ2n) is 8.61. The fourth-order valence-electron chi connectivity index (χ4n) is 3.96. The molecule has 1 aliphatic heterocycles. The number of hydrogen-bond acceptors (Lipinski definition) is 2. The third-order valence-electron chi connectivity index (χ3n) is 6.02. The van der Waals surface area contributed by atoms with Crippen LogP contribution in [0, 0.1) is 5.92 Å². The number of rotatable bonds is 6. The van der Waals surface area contributed by atoms with Gasteiger partial charge in [-0.3, -0.25) is 9.69 Å². The van der Waals surface area contributed by atoms with E-state index in [0.29, 0.717) is 0 Å². The molecule has 1 amide bonds. The minimum atomic E-state index is -0.143. The van der Waals surface area contributed by atoms with E-state index < -0.39 is 0 Å². The summed E-state index contributed by atoms with van der Waals surface area (Å²) in [6.07, 6.45) is 6.01. The number of halogens is 1. The van der Waals surface area contributed by atoms with Gasteiger partial charge in [0.15, 0.2) is 0 Å². The van der Waals surface area contributed by atoms with Gasteiger partial charge in [-0.2, -0.15) is 0 Å². The first kappa shape index (κ1) is 22.3. The van der Waals surface area contributed by atoms with E-state index in [9.17, 15) is 4.79 Å². The zero-order chi connectivity index (χ0) is 22.3. The highest BCUT2D eigenvalue weighted by molar-refractivity contribution is 6.30. The molecule has 1 aliphatic rings. The minimum Gasteiger partial charge on any atom is -0.323 e. The maximum Gasteiger partial charge on any atom is 0.248 e. The van der Waals surface area contributed by atoms with Crippen molar-refractivity contribution in [2.75, 3.05) is 18.4 Å². The fraction of sp³-hybridized carbons (Fsp3) is 0.250. The van der Waals surface area contributed by atoms with Crippen molar-refractivity contribution in [3.63, 3.8) is 0 Å². The molecule has 0 atom stereocenters. The summed E-state index contributed by atoms with van der Waals surface area (Å²) in [4.78, 5) is 14.8. The van der Waals surface area contributed by atoms with Crippen molar-refractivity contribution < 1.29 is 4.79 Å². The third kappa shape index (κ3) is 6.32. The van der Waals surface area contributed by atoms with E-state index >= 15 is 0 Å². The van der Waals surface area contributed by atoms with Crippen molar-refractivity contribution in [3.8, 4) is 11.1 Å². The van der Waals surface area contributed by atoms with Gasteiger partial charge < -0.3 is 5.32 Å². The number of carbonyl (C=O) groups excluding carboxylic acids is 1. The van der Waals surface area contributed by atoms with Crippen LogP contribution in [0.15, 0.2) is 78.9 Å². The topological polar surface area (TPSA) is 32.3 Å². The highest BCUT2D eigenvalue weighted by Gasteiger charge is 2.15. The average Bonchev–Trinajstić information content (AvgIpc) is 2.81. The summed E-state index contributed by atoms with van der Waals surface area (Å²) < 4.78 is 0. The Bertz CT molecular complexity index is 1050. The van der Waals surface area contributed by atoms with Gasteiger partial charge in [-0.05, 0) is 84.4 Å². The van der Waals surface area contributed by atoms with Crippen LogP contribution in [0.4, 0.5) is 5.69 Å². The van der Waals surface area contributed by atoms with Crippen LogP contribution in [0.25, 0.3) is 17.2 Å². The van der Waals surface area contributed by atoms with Gasteiger partial charge in [0, 0.05) is 23.3 Å². The number of piperidine rings is 1. The van der Waals surface area contributed by atoms with Gasteiger partial charge in [0.25, 0.3) is 0 Å². The van der Waals surface area contributed by atoms with Gasteiger partial charge in [-0.15, -0.1) is 0 Å². The summed E-state index contributed by atoms with van der Waals surface area (Å²) >= 11 is 5.95. The number of hydrogen-bond donors (Lipinski definition) is 1. The SMILES string of the molecule is CC1CCN(Cc2ccc(/C=C/C(=O)Nc3ccc(-c4ccc(Cl)cc4)cc3)cc2)CC1. The van der Waals surface area contributed by atoms with E-state index in [2.05, 4.69) is 41.4 Å². The van der Waals surface area contributed by atoms with Crippen molar-refractivity contribution in [3.05, 3.63) is 95.0 Å². The van der Waals surface area contributed by atoms with E-state index in [-0.39, 0.29) is 5.91 Å². The first-order valence-electron chi connectivity index (χ1n) is 11.2. The lowest BCUT2D eigenvalue weighted by Gasteiger charge is -2.30. The Labute approximate surface area is 195 Å². The Kier molecular flexibility index (Phi) is 7.41. The van der Waals surface area contributed by atoms with Crippen LogP contribution < -0.4 is 5.32 Å². The van der Waals surface area contributed by atoms with E-state index in [1.807, 2.05) is 54.6 Å². The Morgan fingerprint density at radius 1 is 0.938 bits per heavy atom. The Hall–Kier alpha value is -2.88. The highest BCUT2D eigenvalue weighted by atomic mass is 35.5. The van der Waals surface area contributed by atoms with Crippen LogP contribution in [0.2, 0.25) is 5.02 Å². The van der Waals surface area contributed by atoms with Gasteiger partial charge in [-0.1, -0.05) is 67.1 Å². The van der Waals surface area contributed by atoms with E-state index in [1.54, 1.807) is 6.08 Å². The number of carbonyl (C=O) groups is 1. The van der Waals surface area contributed by atoms with Crippen molar-refractivity contribution in [2.24, 2.45) is 5.92 Å². The molecule has 0 radical (unpaired) electrons. The second-order valence-corrected chi connectivity index (χ2v) is 9.04. The van der Waals surface area contributed by atoms with Crippen LogP contribution in [-0.4, -0.2) is 23.9 Å². The van der Waals surface area contributed by atoms with Gasteiger partial charge in [0.1, 0.15) is 0 Å². The number of nitrogens with zero attached hydrogens (tertiary/aromatic N) is 1. The molecule has 3 aromatic rings. The van der Waals surface area contributed by atoms with E-state index in [1.165, 1.54) is 31.5 Å². The Morgan fingerprint density at radius 3 is 2.16 bits per heavy atom. The maximum absolute atomic E-state index is 12.3. The zero-order valence-corrected chi connectivity index (χ0v) is 19.2. The molecule has 0 saturated carbocycles. The van der Waals surface area contributed by atoms with Crippen molar-refractivity contribution in [1.29, 1.82) is 0 Å². The zero-order valence-electron chi connectivity index (χ0n) is 18.4. The van der Waals surface area contributed by atoms with E-state index in [0.717, 1.165) is 39.9 Å². The largest absolute Gasteiger partial charge is 0.323 e. The molecular weight excluding hydrogens is 416 g/mol. The predicted octanol–water partition coefficient (Wildman–Crippen LogP) is 6.89. The van der Waals surface area contributed by atoms with Gasteiger partial charge in [-0.25, -0.2) is 0 Å². The molecule has 0 aromatic heterocycles. The summed E-state index contributed by atoms with van der Waals surface area (Å²) in [6.45, 7) is 5.71. The van der Waals surface area contributed by atoms with Crippen molar-refractivity contribution >= 4 is 29.3 Å². The molecule has 1 heterocycles. The first-order valence-corrected chi connectivity index (χ1v) is 11.6. The Morgan fingerprint density at radius 2 is 1.53 bits per heavy atom. The molecule has 3 nitrogen and oxygen atoms in total. The van der Waals surface area contributed by atoms with Crippen LogP contribution in [0.1, 0.15) is 30.9 Å². The van der Waals surface area contributed by atoms with Crippen LogP contribution >= 0.6 is 11.6 Å². The molecule has 32 heavy (non-hydrogen) atoms. The minimum absolute atomic E-state index is 0.143. The van der Waals surface area contributed by atoms with E-state index in [4.69, 9.17) is 11.6 Å². The quantitative estimate of drug-likeness (QED) is 0.420. The maximum atomic E-state index is 12.3. The number of anilines is 1. The molecule has 1 fully saturated rings. The molecule has 3 aromatic carbocycles. The molecule has 164 valence electrons. The van der Waals surface area contributed by atoms with Crippen molar-refractivity contribution in [1.82, 2.24) is 4.90 Å². The summed E-state index contributed by atoms with van der Waals surface area (Å²) in [6, 6.07) is 24.0. The fourth-order valence-corrected chi connectivity index (χ4v) is 4.08. The highest BCUT2D eigenvalue weighted by Crippen LogP contribution is 2.23. The monoisotopic (exact) mass is 444 g/mol. The third-order valence-corrected chi connectivity index (χ3v) is 6.27.